The number of para-hydroxylation sites is 1. The third-order valence-electron chi connectivity index (χ3n) is 5.89. The number of rotatable bonds is 11. The molecule has 1 aromatic heterocycles. The van der Waals surface area contributed by atoms with Gasteiger partial charge in [0.25, 0.3) is 5.91 Å². The number of ether oxygens (including phenoxy) is 2. The summed E-state index contributed by atoms with van der Waals surface area (Å²) in [6.07, 6.45) is 2.96. The number of carbonyl (C=O) groups excluding carboxylic acids is 2. The number of hydrazone groups is 1. The van der Waals surface area contributed by atoms with Crippen molar-refractivity contribution in [2.45, 2.75) is 32.9 Å². The van der Waals surface area contributed by atoms with Crippen LogP contribution >= 0.6 is 31.9 Å². The molecule has 4 aromatic rings. The molecule has 208 valence electrons. The van der Waals surface area contributed by atoms with Crippen LogP contribution in [0.25, 0.3) is 10.9 Å². The third-order valence-corrected chi connectivity index (χ3v) is 7.07. The second-order valence-corrected chi connectivity index (χ2v) is 11.3. The molecule has 0 unspecified atom stereocenters. The smallest absolute Gasteiger partial charge is 0.407 e. The van der Waals surface area contributed by atoms with Gasteiger partial charge in [-0.2, -0.15) is 5.10 Å². The van der Waals surface area contributed by atoms with Gasteiger partial charge in [-0.1, -0.05) is 62.4 Å². The average Bonchev–Trinajstić information content (AvgIpc) is 3.34. The van der Waals surface area contributed by atoms with Crippen LogP contribution in [0.4, 0.5) is 4.79 Å². The number of H-pyrrole nitrogens is 1. The van der Waals surface area contributed by atoms with Gasteiger partial charge in [0, 0.05) is 23.5 Å². The Bertz CT molecular complexity index is 1460. The summed E-state index contributed by atoms with van der Waals surface area (Å²) in [5.41, 5.74) is 6.17. The van der Waals surface area contributed by atoms with Crippen molar-refractivity contribution in [1.82, 2.24) is 15.7 Å². The van der Waals surface area contributed by atoms with Crippen LogP contribution in [0.15, 0.2) is 87.0 Å². The van der Waals surface area contributed by atoms with E-state index in [9.17, 15) is 9.59 Å². The third kappa shape index (κ3) is 8.19. The van der Waals surface area contributed by atoms with Crippen LogP contribution in [0.5, 0.6) is 5.75 Å². The van der Waals surface area contributed by atoms with E-state index in [0.29, 0.717) is 12.4 Å². The maximum atomic E-state index is 13.1. The zero-order chi connectivity index (χ0) is 28.5. The van der Waals surface area contributed by atoms with Crippen LogP contribution in [0.2, 0.25) is 0 Å². The van der Waals surface area contributed by atoms with Gasteiger partial charge in [0.2, 0.25) is 0 Å². The fourth-order valence-electron chi connectivity index (χ4n) is 3.93. The number of alkyl carbamates (subject to hydrolysis) is 1. The first kappa shape index (κ1) is 29.4. The molecule has 0 aliphatic rings. The lowest BCUT2D eigenvalue weighted by atomic mass is 10.0. The minimum atomic E-state index is -0.900. The first-order chi connectivity index (χ1) is 19.3. The lowest BCUT2D eigenvalue weighted by molar-refractivity contribution is -0.123. The monoisotopic (exact) mass is 668 g/mol. The van der Waals surface area contributed by atoms with E-state index in [-0.39, 0.29) is 18.9 Å². The molecule has 1 heterocycles. The molecule has 0 aliphatic carbocycles. The highest BCUT2D eigenvalue weighted by Gasteiger charge is 2.23. The molecule has 0 saturated heterocycles. The predicted molar refractivity (Wildman–Crippen MR) is 163 cm³/mol. The molecule has 0 fully saturated rings. The van der Waals surface area contributed by atoms with Crippen LogP contribution in [0, 0.1) is 5.92 Å². The van der Waals surface area contributed by atoms with Crippen molar-refractivity contribution < 1.29 is 19.1 Å². The summed E-state index contributed by atoms with van der Waals surface area (Å²) in [6, 6.07) is 20.4. The summed E-state index contributed by atoms with van der Waals surface area (Å²) < 4.78 is 12.7. The van der Waals surface area contributed by atoms with Gasteiger partial charge in [-0.25, -0.2) is 10.2 Å². The molecule has 1 atom stereocenters. The van der Waals surface area contributed by atoms with Gasteiger partial charge in [0.1, 0.15) is 18.4 Å². The molecule has 40 heavy (non-hydrogen) atoms. The molecule has 0 spiro atoms. The number of hydrogen-bond donors (Lipinski definition) is 3. The molecule has 0 aliphatic heterocycles. The van der Waals surface area contributed by atoms with Crippen molar-refractivity contribution in [3.63, 3.8) is 0 Å². The topological polar surface area (TPSA) is 105 Å². The molecule has 8 nitrogen and oxygen atoms in total. The number of hydrogen-bond acceptors (Lipinski definition) is 5. The quantitative estimate of drug-likeness (QED) is 0.122. The number of nitrogens with zero attached hydrogens (tertiary/aromatic N) is 1. The van der Waals surface area contributed by atoms with Crippen molar-refractivity contribution in [2.75, 3.05) is 6.61 Å². The van der Waals surface area contributed by atoms with Crippen LogP contribution < -0.4 is 15.5 Å². The van der Waals surface area contributed by atoms with Crippen molar-refractivity contribution in [3.8, 4) is 5.75 Å². The largest absolute Gasteiger partial charge is 0.487 e. The second-order valence-electron chi connectivity index (χ2n) is 9.58. The Kier molecular flexibility index (Phi) is 10.4. The number of benzene rings is 3. The molecule has 4 rings (SSSR count). The van der Waals surface area contributed by atoms with E-state index in [1.807, 2.05) is 86.8 Å². The SMILES string of the molecule is CC(C)COC(=O)N[C@H](Cc1c[nH]c2ccccc12)C(=O)N/N=C\c1cc(Br)c(OCc2ccccc2)c(Br)c1. The van der Waals surface area contributed by atoms with Crippen LogP contribution in [0.3, 0.4) is 0 Å². The maximum Gasteiger partial charge on any atom is 0.407 e. The number of aromatic nitrogens is 1. The Balaban J connectivity index is 1.43. The van der Waals surface area contributed by atoms with Gasteiger partial charge in [-0.05, 0) is 72.7 Å². The Morgan fingerprint density at radius 1 is 1.02 bits per heavy atom. The van der Waals surface area contributed by atoms with E-state index in [1.165, 1.54) is 6.21 Å². The summed E-state index contributed by atoms with van der Waals surface area (Å²) in [5, 5.41) is 7.80. The van der Waals surface area contributed by atoms with E-state index in [2.05, 4.69) is 52.7 Å². The van der Waals surface area contributed by atoms with Crippen molar-refractivity contribution in [2.24, 2.45) is 11.0 Å². The van der Waals surface area contributed by atoms with Gasteiger partial charge < -0.3 is 19.8 Å². The fraction of sp³-hybridized carbons (Fsp3) is 0.233. The molecular weight excluding hydrogens is 640 g/mol. The highest BCUT2D eigenvalue weighted by atomic mass is 79.9. The summed E-state index contributed by atoms with van der Waals surface area (Å²) in [4.78, 5) is 28.8. The molecule has 0 radical (unpaired) electrons. The van der Waals surface area contributed by atoms with Crippen molar-refractivity contribution in [1.29, 1.82) is 0 Å². The Morgan fingerprint density at radius 2 is 1.73 bits per heavy atom. The summed E-state index contributed by atoms with van der Waals surface area (Å²) >= 11 is 7.10. The molecule has 2 amide bonds. The number of halogens is 2. The molecule has 0 bridgehead atoms. The Morgan fingerprint density at radius 3 is 2.45 bits per heavy atom. The van der Waals surface area contributed by atoms with E-state index in [4.69, 9.17) is 9.47 Å². The van der Waals surface area contributed by atoms with Gasteiger partial charge >= 0.3 is 6.09 Å². The normalized spacial score (nSPS) is 12.0. The van der Waals surface area contributed by atoms with Gasteiger partial charge in [0.05, 0.1) is 21.8 Å². The first-order valence-electron chi connectivity index (χ1n) is 12.8. The Labute approximate surface area is 249 Å². The predicted octanol–water partition coefficient (Wildman–Crippen LogP) is 6.72. The average molecular weight is 670 g/mol. The van der Waals surface area contributed by atoms with E-state index >= 15 is 0 Å². The lowest BCUT2D eigenvalue weighted by Crippen LogP contribution is -2.47. The Hall–Kier alpha value is -3.63. The van der Waals surface area contributed by atoms with Crippen molar-refractivity contribution >= 4 is 61.0 Å². The number of fused-ring (bicyclic) bond motifs is 1. The van der Waals surface area contributed by atoms with E-state index in [1.54, 1.807) is 0 Å². The fourth-order valence-corrected chi connectivity index (χ4v) is 5.38. The molecular formula is C30H30Br2N4O4. The first-order valence-corrected chi connectivity index (χ1v) is 14.4. The molecule has 3 aromatic carbocycles. The number of aromatic amines is 1. The maximum absolute atomic E-state index is 13.1. The van der Waals surface area contributed by atoms with Crippen LogP contribution in [-0.2, 0) is 22.6 Å². The lowest BCUT2D eigenvalue weighted by Gasteiger charge is -2.17. The van der Waals surface area contributed by atoms with Gasteiger partial charge in [0.15, 0.2) is 0 Å². The number of amides is 2. The van der Waals surface area contributed by atoms with Crippen molar-refractivity contribution in [3.05, 3.63) is 98.6 Å². The standard InChI is InChI=1S/C30H30Br2N4O4/c1-19(2)17-40-30(38)35-27(14-22-16-33-26-11-7-6-10-23(22)26)29(37)36-34-15-21-12-24(31)28(25(32)13-21)39-18-20-8-4-3-5-9-20/h3-13,15-16,19,27,33H,14,17-18H2,1-2H3,(H,35,38)(H,36,37)/b34-15-/t27-/m1/s1. The second kappa shape index (κ2) is 14.1. The van der Waals surface area contributed by atoms with Crippen LogP contribution in [-0.4, -0.2) is 35.8 Å². The highest BCUT2D eigenvalue weighted by molar-refractivity contribution is 9.11. The van der Waals surface area contributed by atoms with E-state index < -0.39 is 18.0 Å². The minimum Gasteiger partial charge on any atom is -0.487 e. The zero-order valence-electron chi connectivity index (χ0n) is 22.1. The molecule has 10 heteroatoms. The highest BCUT2D eigenvalue weighted by Crippen LogP contribution is 2.35. The van der Waals surface area contributed by atoms with Gasteiger partial charge in [-0.15, -0.1) is 0 Å². The summed E-state index contributed by atoms with van der Waals surface area (Å²) in [5.74, 6) is 0.363. The number of carbonyl (C=O) groups is 2. The van der Waals surface area contributed by atoms with Gasteiger partial charge in [-0.3, -0.25) is 4.79 Å². The molecule has 3 N–H and O–H groups in total. The summed E-state index contributed by atoms with van der Waals surface area (Å²) in [7, 11) is 0. The number of nitrogens with one attached hydrogen (secondary N) is 3. The molecule has 0 saturated carbocycles. The zero-order valence-corrected chi connectivity index (χ0v) is 25.3. The van der Waals surface area contributed by atoms with E-state index in [0.717, 1.165) is 36.5 Å². The van der Waals surface area contributed by atoms with Crippen LogP contribution in [0.1, 0.15) is 30.5 Å². The minimum absolute atomic E-state index is 0.171. The summed E-state index contributed by atoms with van der Waals surface area (Å²) in [6.45, 7) is 4.56.